The number of benzene rings is 1. The highest BCUT2D eigenvalue weighted by Gasteiger charge is 2.24. The number of hydrogen-bond donors (Lipinski definition) is 0. The van der Waals surface area contributed by atoms with Gasteiger partial charge in [-0.1, -0.05) is 15.9 Å². The van der Waals surface area contributed by atoms with Gasteiger partial charge in [0.25, 0.3) is 5.91 Å². The number of amides is 1. The van der Waals surface area contributed by atoms with Crippen LogP contribution in [0.3, 0.4) is 0 Å². The van der Waals surface area contributed by atoms with Crippen molar-refractivity contribution in [1.82, 2.24) is 9.80 Å². The molecule has 1 aliphatic heterocycles. The Bertz CT molecular complexity index is 464. The lowest BCUT2D eigenvalue weighted by atomic mass is 9.95. The average Bonchev–Trinajstić information content (AvgIpc) is 2.48. The van der Waals surface area contributed by atoms with Crippen LogP contribution in [0.2, 0.25) is 0 Å². The Morgan fingerprint density at radius 3 is 2.38 bits per heavy atom. The Kier molecular flexibility index (Phi) is 5.82. The molecule has 0 saturated carbocycles. The molecule has 0 bridgehead atoms. The van der Waals surface area contributed by atoms with E-state index in [0.717, 1.165) is 42.5 Å². The number of nitrogens with zero attached hydrogens (tertiary/aromatic N) is 2. The summed E-state index contributed by atoms with van der Waals surface area (Å²) >= 11 is 3.40. The van der Waals surface area contributed by atoms with Crippen LogP contribution in [0.15, 0.2) is 28.7 Å². The Balaban J connectivity index is 1.86. The van der Waals surface area contributed by atoms with Gasteiger partial charge in [0.1, 0.15) is 0 Å². The van der Waals surface area contributed by atoms with Gasteiger partial charge >= 0.3 is 0 Å². The smallest absolute Gasteiger partial charge is 0.253 e. The lowest BCUT2D eigenvalue weighted by molar-refractivity contribution is 0.0666. The fraction of sp³-hybridized carbons (Fsp3) is 0.588. The van der Waals surface area contributed by atoms with Crippen molar-refractivity contribution in [3.8, 4) is 0 Å². The molecule has 0 radical (unpaired) electrons. The summed E-state index contributed by atoms with van der Waals surface area (Å²) in [5.41, 5.74) is 0.788. The molecule has 3 nitrogen and oxygen atoms in total. The van der Waals surface area contributed by atoms with Gasteiger partial charge in [0.05, 0.1) is 0 Å². The van der Waals surface area contributed by atoms with Gasteiger partial charge in [0.2, 0.25) is 0 Å². The summed E-state index contributed by atoms with van der Waals surface area (Å²) in [6.45, 7) is 7.35. The molecule has 1 heterocycles. The first-order chi connectivity index (χ1) is 9.97. The Morgan fingerprint density at radius 2 is 1.86 bits per heavy atom. The molecule has 0 N–H and O–H groups in total. The highest BCUT2D eigenvalue weighted by molar-refractivity contribution is 9.10. The van der Waals surface area contributed by atoms with Crippen molar-refractivity contribution in [2.24, 2.45) is 5.92 Å². The van der Waals surface area contributed by atoms with E-state index in [9.17, 15) is 4.79 Å². The van der Waals surface area contributed by atoms with Gasteiger partial charge in [-0.2, -0.15) is 0 Å². The number of carbonyl (C=O) groups excluding carboxylic acids is 1. The molecule has 4 heteroatoms. The third kappa shape index (κ3) is 4.55. The van der Waals surface area contributed by atoms with Crippen molar-refractivity contribution < 1.29 is 4.79 Å². The molecule has 1 aliphatic rings. The minimum atomic E-state index is 0.165. The van der Waals surface area contributed by atoms with Crippen molar-refractivity contribution in [3.05, 3.63) is 34.3 Å². The van der Waals surface area contributed by atoms with Crippen LogP contribution in [0.1, 0.15) is 37.0 Å². The van der Waals surface area contributed by atoms with E-state index in [1.54, 1.807) is 0 Å². The van der Waals surface area contributed by atoms with E-state index < -0.39 is 0 Å². The second-order valence-electron chi connectivity index (χ2n) is 6.28. The van der Waals surface area contributed by atoms with Crippen LogP contribution in [0.25, 0.3) is 0 Å². The maximum atomic E-state index is 12.4. The zero-order valence-electron chi connectivity index (χ0n) is 13.2. The molecule has 1 saturated heterocycles. The van der Waals surface area contributed by atoms with E-state index in [0.29, 0.717) is 12.0 Å². The number of likely N-dealkylation sites (tertiary alicyclic amines) is 1. The Morgan fingerprint density at radius 1 is 1.29 bits per heavy atom. The van der Waals surface area contributed by atoms with E-state index in [4.69, 9.17) is 0 Å². The predicted molar refractivity (Wildman–Crippen MR) is 90.5 cm³/mol. The molecule has 21 heavy (non-hydrogen) atoms. The summed E-state index contributed by atoms with van der Waals surface area (Å²) in [4.78, 5) is 16.8. The molecule has 1 amide bonds. The molecular weight excluding hydrogens is 328 g/mol. The molecule has 0 aliphatic carbocycles. The molecule has 1 aromatic rings. The van der Waals surface area contributed by atoms with Gasteiger partial charge in [0.15, 0.2) is 0 Å². The Hall–Kier alpha value is -0.870. The van der Waals surface area contributed by atoms with Crippen LogP contribution < -0.4 is 0 Å². The third-order valence-corrected chi connectivity index (χ3v) is 4.95. The van der Waals surface area contributed by atoms with E-state index in [-0.39, 0.29) is 5.91 Å². The predicted octanol–water partition coefficient (Wildman–Crippen LogP) is 3.64. The number of hydrogen-bond acceptors (Lipinski definition) is 2. The molecule has 2 rings (SSSR count). The van der Waals surface area contributed by atoms with Crippen LogP contribution in [0, 0.1) is 5.92 Å². The Labute approximate surface area is 136 Å². The molecule has 1 aromatic carbocycles. The number of carbonyl (C=O) groups is 1. The number of piperidine rings is 1. The first kappa shape index (κ1) is 16.5. The molecule has 1 fully saturated rings. The lowest BCUT2D eigenvalue weighted by Gasteiger charge is -2.35. The SMILES string of the molecule is CC(C)N(C)CC1CCN(C(=O)c2ccc(Br)cc2)CC1. The zero-order chi connectivity index (χ0) is 15.4. The van der Waals surface area contributed by atoms with Crippen molar-refractivity contribution in [1.29, 1.82) is 0 Å². The standard InChI is InChI=1S/C17H25BrN2O/c1-13(2)19(3)12-14-8-10-20(11-9-14)17(21)15-4-6-16(18)7-5-15/h4-7,13-14H,8-12H2,1-3H3. The second-order valence-corrected chi connectivity index (χ2v) is 7.19. The zero-order valence-corrected chi connectivity index (χ0v) is 14.8. The molecule has 0 spiro atoms. The van der Waals surface area contributed by atoms with E-state index >= 15 is 0 Å². The average molecular weight is 353 g/mol. The quantitative estimate of drug-likeness (QED) is 0.825. The van der Waals surface area contributed by atoms with Crippen LogP contribution in [0.5, 0.6) is 0 Å². The van der Waals surface area contributed by atoms with Gasteiger partial charge in [-0.3, -0.25) is 4.79 Å². The van der Waals surface area contributed by atoms with Crippen LogP contribution in [0.4, 0.5) is 0 Å². The highest BCUT2D eigenvalue weighted by atomic mass is 79.9. The molecule has 0 unspecified atom stereocenters. The van der Waals surface area contributed by atoms with Crippen molar-refractivity contribution in [2.45, 2.75) is 32.7 Å². The summed E-state index contributed by atoms with van der Waals surface area (Å²) in [7, 11) is 2.18. The fourth-order valence-electron chi connectivity index (χ4n) is 2.71. The normalized spacial score (nSPS) is 16.8. The van der Waals surface area contributed by atoms with Crippen molar-refractivity contribution in [3.63, 3.8) is 0 Å². The van der Waals surface area contributed by atoms with Gasteiger partial charge < -0.3 is 9.80 Å². The van der Waals surface area contributed by atoms with E-state index in [1.807, 2.05) is 29.2 Å². The van der Waals surface area contributed by atoms with E-state index in [1.165, 1.54) is 0 Å². The van der Waals surface area contributed by atoms with Gasteiger partial charge in [-0.15, -0.1) is 0 Å². The minimum absolute atomic E-state index is 0.165. The summed E-state index contributed by atoms with van der Waals surface area (Å²) in [6.07, 6.45) is 2.22. The van der Waals surface area contributed by atoms with E-state index in [2.05, 4.69) is 41.7 Å². The monoisotopic (exact) mass is 352 g/mol. The minimum Gasteiger partial charge on any atom is -0.339 e. The summed E-state index contributed by atoms with van der Waals surface area (Å²) in [5.74, 6) is 0.879. The second kappa shape index (κ2) is 7.41. The van der Waals surface area contributed by atoms with Gasteiger partial charge in [-0.05, 0) is 63.9 Å². The van der Waals surface area contributed by atoms with Crippen LogP contribution in [-0.4, -0.2) is 48.4 Å². The lowest BCUT2D eigenvalue weighted by Crippen LogP contribution is -2.42. The summed E-state index contributed by atoms with van der Waals surface area (Å²) in [5, 5.41) is 0. The highest BCUT2D eigenvalue weighted by Crippen LogP contribution is 2.21. The topological polar surface area (TPSA) is 23.6 Å². The van der Waals surface area contributed by atoms with Gasteiger partial charge in [-0.25, -0.2) is 0 Å². The molecule has 116 valence electrons. The molecular formula is C17H25BrN2O. The molecule has 0 atom stereocenters. The fourth-order valence-corrected chi connectivity index (χ4v) is 2.98. The largest absolute Gasteiger partial charge is 0.339 e. The number of rotatable bonds is 4. The maximum absolute atomic E-state index is 12.4. The van der Waals surface area contributed by atoms with Crippen LogP contribution in [-0.2, 0) is 0 Å². The summed E-state index contributed by atoms with van der Waals surface area (Å²) in [6, 6.07) is 8.23. The van der Waals surface area contributed by atoms with Crippen LogP contribution >= 0.6 is 15.9 Å². The maximum Gasteiger partial charge on any atom is 0.253 e. The first-order valence-electron chi connectivity index (χ1n) is 7.72. The summed E-state index contributed by atoms with van der Waals surface area (Å²) < 4.78 is 1.01. The van der Waals surface area contributed by atoms with Gasteiger partial charge in [0, 0.05) is 35.7 Å². The molecule has 0 aromatic heterocycles. The third-order valence-electron chi connectivity index (χ3n) is 4.42. The first-order valence-corrected chi connectivity index (χ1v) is 8.51. The number of halogens is 1. The van der Waals surface area contributed by atoms with Crippen molar-refractivity contribution >= 4 is 21.8 Å². The van der Waals surface area contributed by atoms with Crippen molar-refractivity contribution in [2.75, 3.05) is 26.7 Å².